The Morgan fingerprint density at radius 1 is 1.06 bits per heavy atom. The lowest BCUT2D eigenvalue weighted by Gasteiger charge is -2.31. The van der Waals surface area contributed by atoms with Gasteiger partial charge in [0.25, 0.3) is 0 Å². The van der Waals surface area contributed by atoms with Crippen LogP contribution in [0.15, 0.2) is 71.8 Å². The first-order valence-electron chi connectivity index (χ1n) is 12.3. The molecule has 2 amide bonds. The predicted octanol–water partition coefficient (Wildman–Crippen LogP) is 7.29. The molecule has 0 saturated heterocycles. The number of thioether (sulfide) groups is 1. The third-order valence-electron chi connectivity index (χ3n) is 7.19. The molecule has 0 bridgehead atoms. The van der Waals surface area contributed by atoms with E-state index in [4.69, 9.17) is 4.74 Å². The molecule has 36 heavy (non-hydrogen) atoms. The molecule has 0 saturated carbocycles. The fraction of sp³-hybridized carbons (Fsp3) is 0.276. The molecule has 184 valence electrons. The summed E-state index contributed by atoms with van der Waals surface area (Å²) in [7, 11) is 1.64. The Hall–Kier alpha value is -3.16. The molecule has 6 rings (SSSR count). The Morgan fingerprint density at radius 2 is 1.89 bits per heavy atom. The number of anilines is 1. The highest BCUT2D eigenvalue weighted by Gasteiger charge is 2.36. The van der Waals surface area contributed by atoms with Gasteiger partial charge in [0.1, 0.15) is 10.8 Å². The normalized spacial score (nSPS) is 16.5. The van der Waals surface area contributed by atoms with Gasteiger partial charge in [-0.2, -0.15) is 0 Å². The van der Waals surface area contributed by atoms with Crippen molar-refractivity contribution in [3.8, 4) is 10.8 Å². The average Bonchev–Trinajstić information content (AvgIpc) is 3.51. The van der Waals surface area contributed by atoms with Crippen LogP contribution in [0.2, 0.25) is 0 Å². The smallest absolute Gasteiger partial charge is 0.322 e. The summed E-state index contributed by atoms with van der Waals surface area (Å²) in [5.74, 6) is 0.718. The van der Waals surface area contributed by atoms with Crippen molar-refractivity contribution in [2.24, 2.45) is 0 Å². The highest BCUT2D eigenvalue weighted by molar-refractivity contribution is 7.98. The van der Waals surface area contributed by atoms with Gasteiger partial charge in [-0.3, -0.25) is 0 Å². The Bertz CT molecular complexity index is 1410. The number of amides is 2. The van der Waals surface area contributed by atoms with Crippen LogP contribution in [-0.2, 0) is 19.4 Å². The highest BCUT2D eigenvalue weighted by Crippen LogP contribution is 2.44. The Morgan fingerprint density at radius 3 is 2.69 bits per heavy atom. The maximum absolute atomic E-state index is 14.0. The van der Waals surface area contributed by atoms with Crippen LogP contribution in [0.5, 0.6) is 5.75 Å². The molecular weight excluding hydrogens is 486 g/mol. The average molecular weight is 516 g/mol. The van der Waals surface area contributed by atoms with Crippen LogP contribution in [-0.4, -0.2) is 28.9 Å². The van der Waals surface area contributed by atoms with Crippen molar-refractivity contribution in [2.75, 3.05) is 18.7 Å². The van der Waals surface area contributed by atoms with Crippen LogP contribution in [0.3, 0.4) is 0 Å². The molecule has 4 aromatic rings. The quantitative estimate of drug-likeness (QED) is 0.290. The maximum Gasteiger partial charge on any atom is 0.322 e. The number of thiophene rings is 1. The molecule has 2 aromatic heterocycles. The third-order valence-corrected chi connectivity index (χ3v) is 9.27. The van der Waals surface area contributed by atoms with Crippen molar-refractivity contribution < 1.29 is 9.53 Å². The lowest BCUT2D eigenvalue weighted by Crippen LogP contribution is -2.38. The number of nitrogens with one attached hydrogen (secondary N) is 1. The van der Waals surface area contributed by atoms with Gasteiger partial charge in [-0.25, -0.2) is 4.79 Å². The van der Waals surface area contributed by atoms with Gasteiger partial charge >= 0.3 is 6.03 Å². The molecule has 5 nitrogen and oxygen atoms in total. The molecule has 0 spiro atoms. The molecule has 0 fully saturated rings. The van der Waals surface area contributed by atoms with Crippen LogP contribution in [0.1, 0.15) is 46.1 Å². The van der Waals surface area contributed by atoms with E-state index in [9.17, 15) is 4.79 Å². The molecular formula is C29H29N3O2S2. The number of benzene rings is 2. The monoisotopic (exact) mass is 515 g/mol. The summed E-state index contributed by atoms with van der Waals surface area (Å²) in [5.41, 5.74) is 5.71. The van der Waals surface area contributed by atoms with E-state index in [0.29, 0.717) is 6.54 Å². The Kier molecular flexibility index (Phi) is 6.27. The van der Waals surface area contributed by atoms with Crippen molar-refractivity contribution in [3.05, 3.63) is 94.1 Å². The first-order chi connectivity index (χ1) is 17.7. The van der Waals surface area contributed by atoms with Gasteiger partial charge in [-0.05, 0) is 79.5 Å². The predicted molar refractivity (Wildman–Crippen MR) is 148 cm³/mol. The van der Waals surface area contributed by atoms with Gasteiger partial charge < -0.3 is 19.5 Å². The summed E-state index contributed by atoms with van der Waals surface area (Å²) in [6.07, 6.45) is 8.93. The third kappa shape index (κ3) is 4.10. The second kappa shape index (κ2) is 9.71. The molecule has 7 heteroatoms. The zero-order valence-corrected chi connectivity index (χ0v) is 22.1. The second-order valence-corrected chi connectivity index (χ2v) is 11.2. The summed E-state index contributed by atoms with van der Waals surface area (Å²) in [5, 5.41) is 4.43. The van der Waals surface area contributed by atoms with Crippen molar-refractivity contribution in [1.29, 1.82) is 0 Å². The number of nitrogens with zero attached hydrogens (tertiary/aromatic N) is 2. The number of hydrogen-bond donors (Lipinski definition) is 1. The van der Waals surface area contributed by atoms with E-state index in [0.717, 1.165) is 35.5 Å². The molecule has 0 unspecified atom stereocenters. The molecule has 2 aliphatic rings. The number of aromatic nitrogens is 1. The molecule has 1 N–H and O–H groups in total. The van der Waals surface area contributed by atoms with Gasteiger partial charge in [-0.1, -0.05) is 18.2 Å². The van der Waals surface area contributed by atoms with E-state index in [2.05, 4.69) is 58.7 Å². The topological polar surface area (TPSA) is 46.5 Å². The molecule has 1 aliphatic heterocycles. The molecule has 0 radical (unpaired) electrons. The number of ether oxygens (including phenoxy) is 1. The van der Waals surface area contributed by atoms with Gasteiger partial charge in [0.05, 0.1) is 25.4 Å². The fourth-order valence-electron chi connectivity index (χ4n) is 5.42. The number of carbonyl (C=O) groups is 1. The summed E-state index contributed by atoms with van der Waals surface area (Å²) >= 11 is 3.64. The Balaban J connectivity index is 1.47. The highest BCUT2D eigenvalue weighted by atomic mass is 32.2. The minimum Gasteiger partial charge on any atom is -0.497 e. The van der Waals surface area contributed by atoms with E-state index in [1.54, 1.807) is 18.9 Å². The standard InChI is InChI=1S/C29H29N3O2S2/c1-34-21-8-5-7-20(17-21)30-29(33)32-18-24-23-9-3-4-11-26(23)36-28(24)31-16-6-10-25(31)27(32)19-12-14-22(35-2)15-13-19/h5-8,10,12-17,27H,3-4,9,11,18H2,1-2H3,(H,30,33)/t27-/m1/s1. The van der Waals surface area contributed by atoms with Crippen LogP contribution in [0.25, 0.3) is 5.00 Å². The molecule has 3 heterocycles. The number of hydrogen-bond acceptors (Lipinski definition) is 4. The van der Waals surface area contributed by atoms with Gasteiger partial charge in [0.15, 0.2) is 0 Å². The molecule has 1 atom stereocenters. The number of urea groups is 1. The lowest BCUT2D eigenvalue weighted by atomic mass is 9.95. The SMILES string of the molecule is COc1cccc(NC(=O)N2Cc3c(sc4c3CCCC4)-n3cccc3[C@H]2c2ccc(SC)cc2)c1. The first kappa shape index (κ1) is 23.3. The zero-order valence-electron chi connectivity index (χ0n) is 20.5. The molecule has 1 aliphatic carbocycles. The van der Waals surface area contributed by atoms with E-state index < -0.39 is 0 Å². The van der Waals surface area contributed by atoms with Gasteiger partial charge in [0.2, 0.25) is 0 Å². The van der Waals surface area contributed by atoms with Crippen LogP contribution >= 0.6 is 23.1 Å². The second-order valence-electron chi connectivity index (χ2n) is 9.26. The number of carbonyl (C=O) groups excluding carboxylic acids is 1. The summed E-state index contributed by atoms with van der Waals surface area (Å²) < 4.78 is 7.70. The number of fused-ring (bicyclic) bond motifs is 5. The number of aryl methyl sites for hydroxylation is 1. The molecule has 2 aromatic carbocycles. The first-order valence-corrected chi connectivity index (χ1v) is 14.4. The van der Waals surface area contributed by atoms with Crippen LogP contribution in [0.4, 0.5) is 10.5 Å². The van der Waals surface area contributed by atoms with Gasteiger partial charge in [-0.15, -0.1) is 23.1 Å². The lowest BCUT2D eigenvalue weighted by molar-refractivity contribution is 0.194. The van der Waals surface area contributed by atoms with E-state index >= 15 is 0 Å². The number of methoxy groups -OCH3 is 1. The van der Waals surface area contributed by atoms with E-state index in [-0.39, 0.29) is 12.1 Å². The minimum absolute atomic E-state index is 0.112. The maximum atomic E-state index is 14.0. The zero-order chi connectivity index (χ0) is 24.6. The van der Waals surface area contributed by atoms with Crippen LogP contribution in [0, 0.1) is 0 Å². The van der Waals surface area contributed by atoms with Gasteiger partial charge in [0, 0.05) is 33.3 Å². The summed E-state index contributed by atoms with van der Waals surface area (Å²) in [6, 6.07) is 20.1. The van der Waals surface area contributed by atoms with Crippen LogP contribution < -0.4 is 10.1 Å². The minimum atomic E-state index is -0.208. The van der Waals surface area contributed by atoms with E-state index in [1.165, 1.54) is 38.7 Å². The Labute approximate surface area is 220 Å². The fourth-order valence-corrected chi connectivity index (χ4v) is 7.23. The van der Waals surface area contributed by atoms with Crippen molar-refractivity contribution in [1.82, 2.24) is 9.47 Å². The largest absolute Gasteiger partial charge is 0.497 e. The summed E-state index contributed by atoms with van der Waals surface area (Å²) in [6.45, 7) is 0.577. The van der Waals surface area contributed by atoms with E-state index in [1.807, 2.05) is 40.5 Å². The van der Waals surface area contributed by atoms with Crippen molar-refractivity contribution in [2.45, 2.75) is 43.2 Å². The summed E-state index contributed by atoms with van der Waals surface area (Å²) in [4.78, 5) is 18.7. The van der Waals surface area contributed by atoms with Crippen molar-refractivity contribution >= 4 is 34.8 Å². The van der Waals surface area contributed by atoms with Crippen molar-refractivity contribution in [3.63, 3.8) is 0 Å². The number of rotatable bonds is 4.